The minimum atomic E-state index is -0.115. The molecule has 84 valence electrons. The van der Waals surface area contributed by atoms with Gasteiger partial charge < -0.3 is 15.4 Å². The molecular weight excluding hydrogens is 196 g/mol. The summed E-state index contributed by atoms with van der Waals surface area (Å²) in [5.74, 6) is 0.597. The molecule has 0 saturated heterocycles. The van der Waals surface area contributed by atoms with Crippen LogP contribution in [0.4, 0.5) is 0 Å². The second kappa shape index (κ2) is 6.19. The average Bonchev–Trinajstić information content (AvgIpc) is 1.99. The lowest BCUT2D eigenvalue weighted by Crippen LogP contribution is -2.51. The van der Waals surface area contributed by atoms with Gasteiger partial charge in [-0.3, -0.25) is 0 Å². The summed E-state index contributed by atoms with van der Waals surface area (Å²) in [7, 11) is 1.69. The number of hydrogen-bond acceptors (Lipinski definition) is 2. The molecule has 0 aromatic carbocycles. The van der Waals surface area contributed by atoms with E-state index in [1.54, 1.807) is 7.11 Å². The second-order valence-electron chi connectivity index (χ2n) is 4.55. The lowest BCUT2D eigenvalue weighted by molar-refractivity contribution is 0.139. The van der Waals surface area contributed by atoms with Crippen molar-refractivity contribution in [3.05, 3.63) is 0 Å². The molecule has 0 spiro atoms. The van der Waals surface area contributed by atoms with Crippen molar-refractivity contribution in [2.75, 3.05) is 20.3 Å². The molecule has 0 saturated carbocycles. The monoisotopic (exact) mass is 218 g/mol. The summed E-state index contributed by atoms with van der Waals surface area (Å²) in [6.07, 6.45) is 0. The summed E-state index contributed by atoms with van der Waals surface area (Å²) in [6.45, 7) is 9.94. The third kappa shape index (κ3) is 7.09. The number of rotatable bonds is 5. The zero-order valence-corrected chi connectivity index (χ0v) is 10.6. The highest BCUT2D eigenvalue weighted by atomic mass is 32.1. The number of hydrogen-bond donors (Lipinski definition) is 2. The number of ether oxygens (including phenoxy) is 1. The fraction of sp³-hybridized carbons (Fsp3) is 0.900. The minimum absolute atomic E-state index is 0.115. The van der Waals surface area contributed by atoms with Gasteiger partial charge in [-0.1, -0.05) is 13.8 Å². The Morgan fingerprint density at radius 1 is 1.43 bits per heavy atom. The highest BCUT2D eigenvalue weighted by molar-refractivity contribution is 7.80. The maximum absolute atomic E-state index is 5.16. The Labute approximate surface area is 92.6 Å². The first-order chi connectivity index (χ1) is 6.37. The van der Waals surface area contributed by atoms with Crippen LogP contribution in [0.5, 0.6) is 0 Å². The number of nitrogens with one attached hydrogen (secondary N) is 2. The standard InChI is InChI=1S/C10H22N2OS/c1-8(2)6-11-9(14)12-10(3,4)7-13-5/h8H,6-7H2,1-5H3,(H2,11,12,14). The summed E-state index contributed by atoms with van der Waals surface area (Å²) in [5.41, 5.74) is -0.115. The van der Waals surface area contributed by atoms with Gasteiger partial charge in [0.1, 0.15) is 0 Å². The summed E-state index contributed by atoms with van der Waals surface area (Å²) < 4.78 is 5.08. The Bertz CT molecular complexity index is 181. The third-order valence-electron chi connectivity index (χ3n) is 1.63. The number of thiocarbonyl (C=S) groups is 1. The van der Waals surface area contributed by atoms with Gasteiger partial charge in [0.25, 0.3) is 0 Å². The third-order valence-corrected chi connectivity index (χ3v) is 1.87. The summed E-state index contributed by atoms with van der Waals surface area (Å²) >= 11 is 5.16. The van der Waals surface area contributed by atoms with Gasteiger partial charge >= 0.3 is 0 Å². The van der Waals surface area contributed by atoms with Crippen molar-refractivity contribution in [1.82, 2.24) is 10.6 Å². The van der Waals surface area contributed by atoms with E-state index in [4.69, 9.17) is 17.0 Å². The van der Waals surface area contributed by atoms with Crippen LogP contribution in [0.3, 0.4) is 0 Å². The smallest absolute Gasteiger partial charge is 0.166 e. The molecule has 0 aliphatic rings. The Morgan fingerprint density at radius 2 is 2.00 bits per heavy atom. The molecule has 0 bridgehead atoms. The molecule has 0 aromatic heterocycles. The molecule has 0 fully saturated rings. The van der Waals surface area contributed by atoms with Crippen molar-refractivity contribution < 1.29 is 4.74 Å². The SMILES string of the molecule is COCC(C)(C)NC(=S)NCC(C)C. The van der Waals surface area contributed by atoms with Gasteiger partial charge in [0.2, 0.25) is 0 Å². The summed E-state index contributed by atoms with van der Waals surface area (Å²) in [6, 6.07) is 0. The van der Waals surface area contributed by atoms with Crippen LogP contribution in [0.15, 0.2) is 0 Å². The van der Waals surface area contributed by atoms with Gasteiger partial charge in [-0.15, -0.1) is 0 Å². The van der Waals surface area contributed by atoms with E-state index in [1.165, 1.54) is 0 Å². The van der Waals surface area contributed by atoms with Gasteiger partial charge in [-0.2, -0.15) is 0 Å². The molecule has 0 atom stereocenters. The normalized spacial score (nSPS) is 11.6. The van der Waals surface area contributed by atoms with Crippen LogP contribution < -0.4 is 10.6 Å². The largest absolute Gasteiger partial charge is 0.382 e. The minimum Gasteiger partial charge on any atom is -0.382 e. The van der Waals surface area contributed by atoms with Gasteiger partial charge in [0.15, 0.2) is 5.11 Å². The first-order valence-corrected chi connectivity index (χ1v) is 5.33. The lowest BCUT2D eigenvalue weighted by Gasteiger charge is -2.27. The van der Waals surface area contributed by atoms with E-state index in [9.17, 15) is 0 Å². The van der Waals surface area contributed by atoms with Crippen molar-refractivity contribution in [2.24, 2.45) is 5.92 Å². The Balaban J connectivity index is 3.81. The van der Waals surface area contributed by atoms with E-state index < -0.39 is 0 Å². The van der Waals surface area contributed by atoms with Crippen LogP contribution in [-0.4, -0.2) is 30.9 Å². The quantitative estimate of drug-likeness (QED) is 0.686. The fourth-order valence-corrected chi connectivity index (χ4v) is 1.40. The van der Waals surface area contributed by atoms with Crippen molar-refractivity contribution in [1.29, 1.82) is 0 Å². The highest BCUT2D eigenvalue weighted by Gasteiger charge is 2.17. The topological polar surface area (TPSA) is 33.3 Å². The zero-order valence-electron chi connectivity index (χ0n) is 9.81. The molecule has 0 rings (SSSR count). The van der Waals surface area contributed by atoms with Gasteiger partial charge in [0.05, 0.1) is 12.1 Å². The van der Waals surface area contributed by atoms with E-state index in [0.717, 1.165) is 6.54 Å². The fourth-order valence-electron chi connectivity index (χ4n) is 1.05. The maximum Gasteiger partial charge on any atom is 0.166 e. The predicted molar refractivity (Wildman–Crippen MR) is 64.5 cm³/mol. The Hall–Kier alpha value is -0.350. The second-order valence-corrected chi connectivity index (χ2v) is 4.95. The predicted octanol–water partition coefficient (Wildman–Crippen LogP) is 1.53. The van der Waals surface area contributed by atoms with Gasteiger partial charge in [-0.25, -0.2) is 0 Å². The average molecular weight is 218 g/mol. The van der Waals surface area contributed by atoms with Crippen molar-refractivity contribution >= 4 is 17.3 Å². The first-order valence-electron chi connectivity index (χ1n) is 4.92. The van der Waals surface area contributed by atoms with Crippen LogP contribution in [0.1, 0.15) is 27.7 Å². The highest BCUT2D eigenvalue weighted by Crippen LogP contribution is 2.01. The lowest BCUT2D eigenvalue weighted by atomic mass is 10.1. The molecule has 0 aliphatic carbocycles. The molecule has 0 amide bonds. The van der Waals surface area contributed by atoms with E-state index in [0.29, 0.717) is 17.6 Å². The maximum atomic E-state index is 5.16. The van der Waals surface area contributed by atoms with E-state index >= 15 is 0 Å². The van der Waals surface area contributed by atoms with E-state index in [-0.39, 0.29) is 5.54 Å². The molecule has 4 heteroatoms. The van der Waals surface area contributed by atoms with E-state index in [2.05, 4.69) is 38.3 Å². The summed E-state index contributed by atoms with van der Waals surface area (Å²) in [5, 5.41) is 7.06. The molecule has 0 unspecified atom stereocenters. The Morgan fingerprint density at radius 3 is 2.43 bits per heavy atom. The molecule has 2 N–H and O–H groups in total. The van der Waals surface area contributed by atoms with E-state index in [1.807, 2.05) is 0 Å². The van der Waals surface area contributed by atoms with Crippen molar-refractivity contribution in [2.45, 2.75) is 33.2 Å². The molecule has 0 heterocycles. The first kappa shape index (κ1) is 13.7. The van der Waals surface area contributed by atoms with Crippen molar-refractivity contribution in [3.8, 4) is 0 Å². The molecular formula is C10H22N2OS. The number of methoxy groups -OCH3 is 1. The molecule has 0 aliphatic heterocycles. The van der Waals surface area contributed by atoms with Crippen LogP contribution in [-0.2, 0) is 4.74 Å². The Kier molecular flexibility index (Phi) is 6.04. The van der Waals surface area contributed by atoms with Gasteiger partial charge in [0, 0.05) is 13.7 Å². The van der Waals surface area contributed by atoms with Crippen LogP contribution in [0.25, 0.3) is 0 Å². The molecule has 0 aromatic rings. The van der Waals surface area contributed by atoms with Crippen LogP contribution in [0.2, 0.25) is 0 Å². The molecule has 3 nitrogen and oxygen atoms in total. The van der Waals surface area contributed by atoms with Crippen LogP contribution in [0, 0.1) is 5.92 Å². The van der Waals surface area contributed by atoms with Crippen molar-refractivity contribution in [3.63, 3.8) is 0 Å². The summed E-state index contributed by atoms with van der Waals surface area (Å²) in [4.78, 5) is 0. The molecule has 14 heavy (non-hydrogen) atoms. The zero-order chi connectivity index (χ0) is 11.2. The van der Waals surface area contributed by atoms with Gasteiger partial charge in [-0.05, 0) is 32.0 Å². The van der Waals surface area contributed by atoms with Crippen LogP contribution >= 0.6 is 12.2 Å². The molecule has 0 radical (unpaired) electrons.